The zero-order valence-corrected chi connectivity index (χ0v) is 13.2. The number of hydrogen-bond acceptors (Lipinski definition) is 4. The van der Waals surface area contributed by atoms with Gasteiger partial charge in [-0.05, 0) is 36.6 Å². The third kappa shape index (κ3) is 3.50. The minimum absolute atomic E-state index is 0.316. The molecular formula is C17H27N3O. The first-order chi connectivity index (χ1) is 10.2. The Balaban J connectivity index is 1.85. The summed E-state index contributed by atoms with van der Waals surface area (Å²) in [7, 11) is 0. The largest absolute Gasteiger partial charge is 0.487 e. The first kappa shape index (κ1) is 14.7. The molecule has 116 valence electrons. The molecule has 21 heavy (non-hydrogen) atoms. The van der Waals surface area contributed by atoms with Gasteiger partial charge in [-0.1, -0.05) is 19.9 Å². The minimum Gasteiger partial charge on any atom is -0.487 e. The van der Waals surface area contributed by atoms with Crippen LogP contribution in [0.15, 0.2) is 18.2 Å². The molecule has 0 aliphatic carbocycles. The predicted octanol–water partition coefficient (Wildman–Crippen LogP) is 1.96. The molecule has 0 aromatic heterocycles. The zero-order chi connectivity index (χ0) is 14.7. The lowest BCUT2D eigenvalue weighted by molar-refractivity contribution is 0.223. The highest BCUT2D eigenvalue weighted by Gasteiger charge is 2.21. The van der Waals surface area contributed by atoms with E-state index in [4.69, 9.17) is 4.74 Å². The molecule has 1 aromatic rings. The number of hydrogen-bond donors (Lipinski definition) is 2. The standard InChI is InChI=1S/C17H27N3O/c1-13(2)14-3-4-17(21-15-5-6-19-12-15)16(11-14)20-9-7-18-8-10-20/h3-4,11,13,15,18-19H,5-10,12H2,1-2H3. The van der Waals surface area contributed by atoms with Gasteiger partial charge in [0.1, 0.15) is 11.9 Å². The van der Waals surface area contributed by atoms with Crippen LogP contribution in [-0.2, 0) is 0 Å². The Labute approximate surface area is 127 Å². The number of nitrogens with zero attached hydrogens (tertiary/aromatic N) is 1. The maximum atomic E-state index is 6.27. The number of anilines is 1. The minimum atomic E-state index is 0.316. The van der Waals surface area contributed by atoms with Crippen LogP contribution >= 0.6 is 0 Å². The fraction of sp³-hybridized carbons (Fsp3) is 0.647. The highest BCUT2D eigenvalue weighted by atomic mass is 16.5. The van der Waals surface area contributed by atoms with E-state index >= 15 is 0 Å². The average Bonchev–Trinajstić information content (AvgIpc) is 3.01. The molecule has 2 fully saturated rings. The molecule has 1 unspecified atom stereocenters. The van der Waals surface area contributed by atoms with E-state index in [9.17, 15) is 0 Å². The van der Waals surface area contributed by atoms with Crippen molar-refractivity contribution in [3.63, 3.8) is 0 Å². The lowest BCUT2D eigenvalue weighted by Crippen LogP contribution is -2.43. The molecular weight excluding hydrogens is 262 g/mol. The van der Waals surface area contributed by atoms with Crippen molar-refractivity contribution >= 4 is 5.69 Å². The summed E-state index contributed by atoms with van der Waals surface area (Å²) in [5, 5.41) is 6.79. The third-order valence-corrected chi connectivity index (χ3v) is 4.42. The van der Waals surface area contributed by atoms with Gasteiger partial charge >= 0.3 is 0 Å². The van der Waals surface area contributed by atoms with Crippen molar-refractivity contribution in [1.82, 2.24) is 10.6 Å². The first-order valence-corrected chi connectivity index (χ1v) is 8.21. The quantitative estimate of drug-likeness (QED) is 0.888. The van der Waals surface area contributed by atoms with E-state index in [0.717, 1.165) is 51.4 Å². The summed E-state index contributed by atoms with van der Waals surface area (Å²) in [5.74, 6) is 1.60. The van der Waals surface area contributed by atoms with Crippen molar-refractivity contribution in [2.45, 2.75) is 32.3 Å². The highest BCUT2D eigenvalue weighted by molar-refractivity contribution is 5.61. The van der Waals surface area contributed by atoms with Gasteiger partial charge in [-0.3, -0.25) is 0 Å². The number of ether oxygens (including phenoxy) is 1. The van der Waals surface area contributed by atoms with E-state index in [1.54, 1.807) is 0 Å². The monoisotopic (exact) mass is 289 g/mol. The summed E-state index contributed by atoms with van der Waals surface area (Å²) in [4.78, 5) is 2.46. The Bertz CT molecular complexity index is 463. The first-order valence-electron chi connectivity index (χ1n) is 8.21. The van der Waals surface area contributed by atoms with E-state index in [1.165, 1.54) is 11.3 Å². The molecule has 4 heteroatoms. The predicted molar refractivity (Wildman–Crippen MR) is 87.5 cm³/mol. The lowest BCUT2D eigenvalue weighted by atomic mass is 10.0. The fourth-order valence-corrected chi connectivity index (χ4v) is 3.05. The molecule has 1 aromatic carbocycles. The maximum Gasteiger partial charge on any atom is 0.143 e. The molecule has 2 aliphatic rings. The average molecular weight is 289 g/mol. The molecule has 0 saturated carbocycles. The number of piperazine rings is 1. The van der Waals surface area contributed by atoms with Crippen molar-refractivity contribution in [2.24, 2.45) is 0 Å². The fourth-order valence-electron chi connectivity index (χ4n) is 3.05. The van der Waals surface area contributed by atoms with Gasteiger partial charge in [-0.25, -0.2) is 0 Å². The molecule has 2 N–H and O–H groups in total. The number of rotatable bonds is 4. The third-order valence-electron chi connectivity index (χ3n) is 4.42. The molecule has 2 saturated heterocycles. The summed E-state index contributed by atoms with van der Waals surface area (Å²) in [6.45, 7) is 10.7. The van der Waals surface area contributed by atoms with E-state index < -0.39 is 0 Å². The van der Waals surface area contributed by atoms with Crippen LogP contribution < -0.4 is 20.3 Å². The second-order valence-electron chi connectivity index (χ2n) is 6.35. The van der Waals surface area contributed by atoms with Gasteiger partial charge in [0.25, 0.3) is 0 Å². The van der Waals surface area contributed by atoms with Gasteiger partial charge in [0.2, 0.25) is 0 Å². The Hall–Kier alpha value is -1.26. The smallest absolute Gasteiger partial charge is 0.143 e. The summed E-state index contributed by atoms with van der Waals surface area (Å²) in [6.07, 6.45) is 1.42. The second-order valence-corrected chi connectivity index (χ2v) is 6.35. The molecule has 2 aliphatic heterocycles. The molecule has 2 heterocycles. The van der Waals surface area contributed by atoms with Crippen LogP contribution in [0.2, 0.25) is 0 Å². The van der Waals surface area contributed by atoms with Gasteiger partial charge in [0, 0.05) is 32.7 Å². The van der Waals surface area contributed by atoms with Crippen molar-refractivity contribution in [1.29, 1.82) is 0 Å². The zero-order valence-electron chi connectivity index (χ0n) is 13.2. The Morgan fingerprint density at radius 1 is 1.14 bits per heavy atom. The number of benzene rings is 1. The summed E-state index contributed by atoms with van der Waals surface area (Å²) in [6, 6.07) is 6.72. The normalized spacial score (nSPS) is 22.8. The Morgan fingerprint density at radius 2 is 1.95 bits per heavy atom. The molecule has 0 radical (unpaired) electrons. The van der Waals surface area contributed by atoms with E-state index in [-0.39, 0.29) is 0 Å². The van der Waals surface area contributed by atoms with Crippen LogP contribution in [0.1, 0.15) is 31.7 Å². The molecule has 0 bridgehead atoms. The summed E-state index contributed by atoms with van der Waals surface area (Å²) in [5.41, 5.74) is 2.66. The van der Waals surface area contributed by atoms with Gasteiger partial charge < -0.3 is 20.3 Å². The van der Waals surface area contributed by atoms with E-state index in [0.29, 0.717) is 12.0 Å². The molecule has 1 atom stereocenters. The Morgan fingerprint density at radius 3 is 2.62 bits per heavy atom. The maximum absolute atomic E-state index is 6.27. The molecule has 0 amide bonds. The molecule has 4 nitrogen and oxygen atoms in total. The van der Waals surface area contributed by atoms with Crippen molar-refractivity contribution < 1.29 is 4.74 Å². The van der Waals surface area contributed by atoms with Gasteiger partial charge in [0.15, 0.2) is 0 Å². The summed E-state index contributed by atoms with van der Waals surface area (Å²) >= 11 is 0. The van der Waals surface area contributed by atoms with Crippen LogP contribution in [0, 0.1) is 0 Å². The molecule has 0 spiro atoms. The van der Waals surface area contributed by atoms with E-state index in [1.807, 2.05) is 0 Å². The van der Waals surface area contributed by atoms with Crippen LogP contribution in [0.4, 0.5) is 5.69 Å². The second kappa shape index (κ2) is 6.67. The van der Waals surface area contributed by atoms with E-state index in [2.05, 4.69) is 47.6 Å². The lowest BCUT2D eigenvalue weighted by Gasteiger charge is -2.32. The Kier molecular flexibility index (Phi) is 4.66. The van der Waals surface area contributed by atoms with Crippen molar-refractivity contribution in [2.75, 3.05) is 44.2 Å². The topological polar surface area (TPSA) is 36.5 Å². The van der Waals surface area contributed by atoms with Crippen molar-refractivity contribution in [3.8, 4) is 5.75 Å². The van der Waals surface area contributed by atoms with Gasteiger partial charge in [-0.2, -0.15) is 0 Å². The SMILES string of the molecule is CC(C)c1ccc(OC2CCNC2)c(N2CCNCC2)c1. The van der Waals surface area contributed by atoms with Crippen molar-refractivity contribution in [3.05, 3.63) is 23.8 Å². The molecule has 3 rings (SSSR count). The van der Waals surface area contributed by atoms with Gasteiger partial charge in [-0.15, -0.1) is 0 Å². The van der Waals surface area contributed by atoms with Crippen LogP contribution in [-0.4, -0.2) is 45.4 Å². The van der Waals surface area contributed by atoms with Crippen LogP contribution in [0.25, 0.3) is 0 Å². The van der Waals surface area contributed by atoms with Gasteiger partial charge in [0.05, 0.1) is 5.69 Å². The summed E-state index contributed by atoms with van der Waals surface area (Å²) < 4.78 is 6.27. The highest BCUT2D eigenvalue weighted by Crippen LogP contribution is 2.33. The van der Waals surface area contributed by atoms with Crippen LogP contribution in [0.3, 0.4) is 0 Å². The van der Waals surface area contributed by atoms with Crippen LogP contribution in [0.5, 0.6) is 5.75 Å². The number of nitrogens with one attached hydrogen (secondary N) is 2.